The summed E-state index contributed by atoms with van der Waals surface area (Å²) in [5.41, 5.74) is 2.38. The fourth-order valence-corrected chi connectivity index (χ4v) is 3.13. The molecule has 0 fully saturated rings. The number of aromatic nitrogens is 3. The number of hydrogen-bond donors (Lipinski definition) is 2. The van der Waals surface area contributed by atoms with Gasteiger partial charge in [0.15, 0.2) is 0 Å². The number of nitrogens with one attached hydrogen (secondary N) is 2. The molecule has 0 aliphatic rings. The van der Waals surface area contributed by atoms with E-state index in [0.29, 0.717) is 33.5 Å². The average molecular weight is 340 g/mol. The van der Waals surface area contributed by atoms with E-state index in [1.165, 1.54) is 17.5 Å². The summed E-state index contributed by atoms with van der Waals surface area (Å²) in [5, 5.41) is 3.50. The highest BCUT2D eigenvalue weighted by Crippen LogP contribution is 2.26. The van der Waals surface area contributed by atoms with E-state index in [4.69, 9.17) is 0 Å². The summed E-state index contributed by atoms with van der Waals surface area (Å²) in [5.74, 6) is -0.166. The molecule has 6 nitrogen and oxygen atoms in total. The zero-order valence-electron chi connectivity index (χ0n) is 13.3. The maximum atomic E-state index is 12.4. The van der Waals surface area contributed by atoms with E-state index in [2.05, 4.69) is 20.3 Å². The molecule has 2 aromatic heterocycles. The lowest BCUT2D eigenvalue weighted by Gasteiger charge is -2.03. The normalized spacial score (nSPS) is 10.6. The summed E-state index contributed by atoms with van der Waals surface area (Å²) in [7, 11) is 0. The topological polar surface area (TPSA) is 87.7 Å². The quantitative estimate of drug-likeness (QED) is 0.763. The van der Waals surface area contributed by atoms with Crippen molar-refractivity contribution in [1.82, 2.24) is 20.3 Å². The van der Waals surface area contributed by atoms with Gasteiger partial charge in [-0.3, -0.25) is 9.59 Å². The summed E-state index contributed by atoms with van der Waals surface area (Å²) < 4.78 is 0. The molecule has 0 saturated heterocycles. The molecule has 24 heavy (non-hydrogen) atoms. The van der Waals surface area contributed by atoms with Crippen LogP contribution in [0.3, 0.4) is 0 Å². The van der Waals surface area contributed by atoms with Crippen LogP contribution in [0.1, 0.15) is 26.6 Å². The number of carbonyl (C=O) groups is 1. The van der Waals surface area contributed by atoms with Crippen LogP contribution in [0.2, 0.25) is 0 Å². The Morgan fingerprint density at radius 1 is 1.17 bits per heavy atom. The molecule has 7 heteroatoms. The minimum absolute atomic E-state index is 0.166. The van der Waals surface area contributed by atoms with E-state index in [9.17, 15) is 9.59 Å². The molecule has 122 valence electrons. The van der Waals surface area contributed by atoms with Crippen LogP contribution in [0.15, 0.2) is 41.3 Å². The molecule has 2 heterocycles. The van der Waals surface area contributed by atoms with E-state index in [1.54, 1.807) is 13.8 Å². The third kappa shape index (κ3) is 3.41. The molecule has 3 rings (SSSR count). The van der Waals surface area contributed by atoms with Gasteiger partial charge in [0.25, 0.3) is 11.5 Å². The van der Waals surface area contributed by atoms with Gasteiger partial charge in [-0.25, -0.2) is 9.97 Å². The Balaban J connectivity index is 1.79. The van der Waals surface area contributed by atoms with Gasteiger partial charge in [-0.1, -0.05) is 30.3 Å². The molecule has 1 amide bonds. The second kappa shape index (κ2) is 6.76. The molecule has 0 bridgehead atoms. The van der Waals surface area contributed by atoms with Crippen molar-refractivity contribution in [3.63, 3.8) is 0 Å². The molecular formula is C17H16N4O2S. The van der Waals surface area contributed by atoms with Crippen LogP contribution in [0, 0.1) is 13.8 Å². The van der Waals surface area contributed by atoms with Gasteiger partial charge in [-0.2, -0.15) is 0 Å². The highest BCUT2D eigenvalue weighted by molar-refractivity contribution is 7.17. The maximum absolute atomic E-state index is 12.4. The van der Waals surface area contributed by atoms with Gasteiger partial charge in [0.1, 0.15) is 21.3 Å². The predicted octanol–water partition coefficient (Wildman–Crippen LogP) is 2.44. The van der Waals surface area contributed by atoms with Crippen LogP contribution in [-0.4, -0.2) is 20.9 Å². The number of aromatic amines is 1. The van der Waals surface area contributed by atoms with Gasteiger partial charge in [0.2, 0.25) is 0 Å². The van der Waals surface area contributed by atoms with Gasteiger partial charge >= 0.3 is 0 Å². The van der Waals surface area contributed by atoms with E-state index in [0.717, 1.165) is 5.56 Å². The number of nitrogens with zero attached hydrogens (tertiary/aromatic N) is 2. The first-order valence-electron chi connectivity index (χ1n) is 7.41. The monoisotopic (exact) mass is 340 g/mol. The molecule has 1 aromatic carbocycles. The fourth-order valence-electron chi connectivity index (χ4n) is 2.19. The Morgan fingerprint density at radius 3 is 2.62 bits per heavy atom. The molecule has 2 N–H and O–H groups in total. The standard InChI is InChI=1S/C17H16N4O2S/c1-10-14(16(23)18-8-12-6-4-3-5-7-12)24-17(21-10)13-9-19-15(22)11(2)20-13/h3-7,9H,8H2,1-2H3,(H,18,23)(H,19,22). The summed E-state index contributed by atoms with van der Waals surface area (Å²) in [6, 6.07) is 9.71. The SMILES string of the molecule is Cc1nc(-c2c[nH]c(=O)c(C)n2)sc1C(=O)NCc1ccccc1. The van der Waals surface area contributed by atoms with E-state index in [-0.39, 0.29) is 11.5 Å². The van der Waals surface area contributed by atoms with Crippen molar-refractivity contribution >= 4 is 17.2 Å². The van der Waals surface area contributed by atoms with Crippen LogP contribution in [0.4, 0.5) is 0 Å². The fraction of sp³-hybridized carbons (Fsp3) is 0.176. The lowest BCUT2D eigenvalue weighted by atomic mass is 10.2. The van der Waals surface area contributed by atoms with E-state index < -0.39 is 0 Å². The van der Waals surface area contributed by atoms with E-state index >= 15 is 0 Å². The summed E-state index contributed by atoms with van der Waals surface area (Å²) in [6.07, 6.45) is 1.51. The number of H-pyrrole nitrogens is 1. The molecule has 0 saturated carbocycles. The minimum Gasteiger partial charge on any atom is -0.347 e. The van der Waals surface area contributed by atoms with Crippen LogP contribution < -0.4 is 10.9 Å². The summed E-state index contributed by atoms with van der Waals surface area (Å²) in [4.78, 5) is 35.6. The Kier molecular flexibility index (Phi) is 4.52. The molecule has 0 unspecified atom stereocenters. The Bertz CT molecular complexity index is 931. The van der Waals surface area contributed by atoms with Crippen molar-refractivity contribution in [2.75, 3.05) is 0 Å². The molecule has 0 aliphatic heterocycles. The smallest absolute Gasteiger partial charge is 0.269 e. The van der Waals surface area contributed by atoms with Gasteiger partial charge < -0.3 is 10.3 Å². The summed E-state index contributed by atoms with van der Waals surface area (Å²) >= 11 is 1.26. The number of thiazole rings is 1. The number of aryl methyl sites for hydroxylation is 2. The summed E-state index contributed by atoms with van der Waals surface area (Å²) in [6.45, 7) is 3.88. The highest BCUT2D eigenvalue weighted by atomic mass is 32.1. The van der Waals surface area contributed by atoms with Crippen LogP contribution in [0.5, 0.6) is 0 Å². The average Bonchev–Trinajstić information content (AvgIpc) is 2.98. The zero-order valence-corrected chi connectivity index (χ0v) is 14.1. The zero-order chi connectivity index (χ0) is 17.1. The van der Waals surface area contributed by atoms with Crippen molar-refractivity contribution in [3.8, 4) is 10.7 Å². The first kappa shape index (κ1) is 16.1. The van der Waals surface area contributed by atoms with Gasteiger partial charge in [-0.05, 0) is 19.4 Å². The van der Waals surface area contributed by atoms with Crippen LogP contribution in [0.25, 0.3) is 10.7 Å². The van der Waals surface area contributed by atoms with Gasteiger partial charge in [-0.15, -0.1) is 11.3 Å². The Labute approximate surface area is 142 Å². The van der Waals surface area contributed by atoms with Crippen molar-refractivity contribution in [2.24, 2.45) is 0 Å². The largest absolute Gasteiger partial charge is 0.347 e. The van der Waals surface area contributed by atoms with Gasteiger partial charge in [0.05, 0.1) is 5.69 Å². The number of hydrogen-bond acceptors (Lipinski definition) is 5. The first-order chi connectivity index (χ1) is 11.5. The number of carbonyl (C=O) groups excluding carboxylic acids is 1. The number of benzene rings is 1. The maximum Gasteiger partial charge on any atom is 0.269 e. The van der Waals surface area contributed by atoms with Crippen molar-refractivity contribution in [1.29, 1.82) is 0 Å². The molecule has 0 radical (unpaired) electrons. The first-order valence-corrected chi connectivity index (χ1v) is 8.22. The van der Waals surface area contributed by atoms with Crippen molar-refractivity contribution in [3.05, 3.63) is 68.7 Å². The number of amides is 1. The third-order valence-corrected chi connectivity index (χ3v) is 4.65. The Morgan fingerprint density at radius 2 is 1.92 bits per heavy atom. The molecular weight excluding hydrogens is 324 g/mol. The Hall–Kier alpha value is -2.80. The molecule has 0 aliphatic carbocycles. The van der Waals surface area contributed by atoms with Gasteiger partial charge in [0, 0.05) is 12.7 Å². The highest BCUT2D eigenvalue weighted by Gasteiger charge is 2.17. The molecule has 3 aromatic rings. The molecule has 0 atom stereocenters. The predicted molar refractivity (Wildman–Crippen MR) is 93.1 cm³/mol. The number of rotatable bonds is 4. The van der Waals surface area contributed by atoms with Crippen LogP contribution in [-0.2, 0) is 6.54 Å². The lowest BCUT2D eigenvalue weighted by Crippen LogP contribution is -2.22. The third-order valence-electron chi connectivity index (χ3n) is 3.47. The van der Waals surface area contributed by atoms with Crippen molar-refractivity contribution in [2.45, 2.75) is 20.4 Å². The minimum atomic E-state index is -0.229. The van der Waals surface area contributed by atoms with Crippen molar-refractivity contribution < 1.29 is 4.79 Å². The second-order valence-corrected chi connectivity index (χ2v) is 6.30. The second-order valence-electron chi connectivity index (χ2n) is 5.30. The van der Waals surface area contributed by atoms with Crippen LogP contribution >= 0.6 is 11.3 Å². The van der Waals surface area contributed by atoms with E-state index in [1.807, 2.05) is 30.3 Å². The lowest BCUT2D eigenvalue weighted by molar-refractivity contribution is 0.0954. The molecule has 0 spiro atoms.